The van der Waals surface area contributed by atoms with E-state index >= 15 is 0 Å². The zero-order valence-electron chi connectivity index (χ0n) is 8.25. The van der Waals surface area contributed by atoms with E-state index in [1.54, 1.807) is 11.3 Å². The Labute approximate surface area is 88.9 Å². The summed E-state index contributed by atoms with van der Waals surface area (Å²) in [7, 11) is 0. The van der Waals surface area contributed by atoms with Gasteiger partial charge in [0.1, 0.15) is 0 Å². The molecule has 2 unspecified atom stereocenters. The average Bonchev–Trinajstić information content (AvgIpc) is 2.49. The van der Waals surface area contributed by atoms with Crippen molar-refractivity contribution in [2.24, 2.45) is 17.6 Å². The van der Waals surface area contributed by atoms with Gasteiger partial charge in [0.25, 0.3) is 0 Å². The third kappa shape index (κ3) is 2.70. The second-order valence-corrected chi connectivity index (χ2v) is 5.52. The predicted molar refractivity (Wildman–Crippen MR) is 60.3 cm³/mol. The normalized spacial score (nSPS) is 16.2. The van der Waals surface area contributed by atoms with Gasteiger partial charge in [0.2, 0.25) is 0 Å². The fourth-order valence-electron chi connectivity index (χ4n) is 1.18. The van der Waals surface area contributed by atoms with E-state index < -0.39 is 0 Å². The summed E-state index contributed by atoms with van der Waals surface area (Å²) >= 11 is 7.43. The number of hydrogen-bond acceptors (Lipinski definition) is 2. The molecule has 1 nitrogen and oxygen atoms in total. The molecule has 0 bridgehead atoms. The highest BCUT2D eigenvalue weighted by atomic mass is 35.5. The molecular weight excluding hydrogens is 202 g/mol. The molecule has 1 aromatic heterocycles. The summed E-state index contributed by atoms with van der Waals surface area (Å²) in [6.07, 6.45) is 0. The second kappa shape index (κ2) is 4.45. The first-order valence-electron chi connectivity index (χ1n) is 4.53. The first-order chi connectivity index (χ1) is 6.02. The van der Waals surface area contributed by atoms with E-state index in [-0.39, 0.29) is 6.04 Å². The molecule has 13 heavy (non-hydrogen) atoms. The molecule has 74 valence electrons. The molecule has 0 saturated heterocycles. The SMILES string of the molecule is CC(C)C(C)C(N)c1ccc(Cl)s1. The maximum absolute atomic E-state index is 6.10. The first-order valence-corrected chi connectivity index (χ1v) is 5.72. The second-order valence-electron chi connectivity index (χ2n) is 3.77. The first kappa shape index (κ1) is 11.0. The minimum absolute atomic E-state index is 0.123. The van der Waals surface area contributed by atoms with Crippen LogP contribution in [0.4, 0.5) is 0 Å². The van der Waals surface area contributed by atoms with Crippen molar-refractivity contribution in [3.8, 4) is 0 Å². The minimum atomic E-state index is 0.123. The highest BCUT2D eigenvalue weighted by Crippen LogP contribution is 2.32. The van der Waals surface area contributed by atoms with E-state index in [4.69, 9.17) is 17.3 Å². The van der Waals surface area contributed by atoms with Gasteiger partial charge in [-0.1, -0.05) is 32.4 Å². The Morgan fingerprint density at radius 3 is 2.31 bits per heavy atom. The summed E-state index contributed by atoms with van der Waals surface area (Å²) in [6, 6.07) is 4.06. The fourth-order valence-corrected chi connectivity index (χ4v) is 2.36. The largest absolute Gasteiger partial charge is 0.323 e. The van der Waals surface area contributed by atoms with Crippen LogP contribution in [0.3, 0.4) is 0 Å². The summed E-state index contributed by atoms with van der Waals surface area (Å²) < 4.78 is 0.821. The lowest BCUT2D eigenvalue weighted by molar-refractivity contribution is 0.355. The lowest BCUT2D eigenvalue weighted by atomic mass is 9.90. The Morgan fingerprint density at radius 1 is 1.31 bits per heavy atom. The van der Waals surface area contributed by atoms with Gasteiger partial charge in [-0.2, -0.15) is 0 Å². The van der Waals surface area contributed by atoms with Gasteiger partial charge >= 0.3 is 0 Å². The molecule has 1 rings (SSSR count). The van der Waals surface area contributed by atoms with Crippen molar-refractivity contribution in [2.75, 3.05) is 0 Å². The van der Waals surface area contributed by atoms with Gasteiger partial charge in [-0.25, -0.2) is 0 Å². The Kier molecular flexibility index (Phi) is 3.77. The molecule has 0 aliphatic carbocycles. The molecule has 0 amide bonds. The number of nitrogens with two attached hydrogens (primary N) is 1. The molecule has 1 heterocycles. The van der Waals surface area contributed by atoms with Gasteiger partial charge in [-0.3, -0.25) is 0 Å². The molecule has 3 heteroatoms. The number of hydrogen-bond donors (Lipinski definition) is 1. The van der Waals surface area contributed by atoms with Crippen LogP contribution in [0.2, 0.25) is 4.34 Å². The van der Waals surface area contributed by atoms with Crippen LogP contribution in [-0.2, 0) is 0 Å². The summed E-state index contributed by atoms with van der Waals surface area (Å²) in [4.78, 5) is 1.19. The molecule has 2 atom stereocenters. The molecule has 0 radical (unpaired) electrons. The third-order valence-electron chi connectivity index (χ3n) is 2.54. The smallest absolute Gasteiger partial charge is 0.0931 e. The maximum Gasteiger partial charge on any atom is 0.0931 e. The van der Waals surface area contributed by atoms with Crippen molar-refractivity contribution in [1.29, 1.82) is 0 Å². The number of rotatable bonds is 3. The van der Waals surface area contributed by atoms with Crippen LogP contribution in [0.1, 0.15) is 31.7 Å². The Morgan fingerprint density at radius 2 is 1.92 bits per heavy atom. The summed E-state index contributed by atoms with van der Waals surface area (Å²) in [5, 5.41) is 0. The molecular formula is C10H16ClNS. The fraction of sp³-hybridized carbons (Fsp3) is 0.600. The van der Waals surface area contributed by atoms with Crippen LogP contribution >= 0.6 is 22.9 Å². The predicted octanol–water partition coefficient (Wildman–Crippen LogP) is 3.69. The maximum atomic E-state index is 6.10. The topological polar surface area (TPSA) is 26.0 Å². The monoisotopic (exact) mass is 217 g/mol. The van der Waals surface area contributed by atoms with Crippen molar-refractivity contribution in [1.82, 2.24) is 0 Å². The van der Waals surface area contributed by atoms with Crippen molar-refractivity contribution in [3.05, 3.63) is 21.3 Å². The van der Waals surface area contributed by atoms with Crippen molar-refractivity contribution in [2.45, 2.75) is 26.8 Å². The zero-order chi connectivity index (χ0) is 10.0. The van der Waals surface area contributed by atoms with E-state index in [0.29, 0.717) is 11.8 Å². The number of halogens is 1. The van der Waals surface area contributed by atoms with Crippen LogP contribution in [0.5, 0.6) is 0 Å². The van der Waals surface area contributed by atoms with E-state index in [1.807, 2.05) is 12.1 Å². The molecule has 0 aromatic carbocycles. The summed E-state index contributed by atoms with van der Waals surface area (Å²) in [6.45, 7) is 6.57. The zero-order valence-corrected chi connectivity index (χ0v) is 9.82. The Hall–Kier alpha value is -0.0500. The Bertz CT molecular complexity index is 270. The van der Waals surface area contributed by atoms with E-state index in [2.05, 4.69) is 20.8 Å². The van der Waals surface area contributed by atoms with E-state index in [0.717, 1.165) is 4.34 Å². The Balaban J connectivity index is 2.73. The van der Waals surface area contributed by atoms with Crippen molar-refractivity contribution in [3.63, 3.8) is 0 Å². The van der Waals surface area contributed by atoms with E-state index in [9.17, 15) is 0 Å². The quantitative estimate of drug-likeness (QED) is 0.821. The van der Waals surface area contributed by atoms with Crippen molar-refractivity contribution >= 4 is 22.9 Å². The van der Waals surface area contributed by atoms with Gasteiger partial charge < -0.3 is 5.73 Å². The average molecular weight is 218 g/mol. The van der Waals surface area contributed by atoms with Gasteiger partial charge in [0.05, 0.1) is 4.34 Å². The summed E-state index contributed by atoms with van der Waals surface area (Å²) in [5.41, 5.74) is 6.10. The van der Waals surface area contributed by atoms with Crippen LogP contribution in [0, 0.1) is 11.8 Å². The van der Waals surface area contributed by atoms with Gasteiger partial charge in [0.15, 0.2) is 0 Å². The van der Waals surface area contributed by atoms with Crippen molar-refractivity contribution < 1.29 is 0 Å². The molecule has 0 saturated carbocycles. The van der Waals surface area contributed by atoms with Gasteiger partial charge in [-0.15, -0.1) is 11.3 Å². The van der Waals surface area contributed by atoms with Gasteiger partial charge in [-0.05, 0) is 24.0 Å². The van der Waals surface area contributed by atoms with Crippen LogP contribution < -0.4 is 5.73 Å². The van der Waals surface area contributed by atoms with Gasteiger partial charge in [0, 0.05) is 10.9 Å². The highest BCUT2D eigenvalue weighted by Gasteiger charge is 2.19. The molecule has 0 spiro atoms. The minimum Gasteiger partial charge on any atom is -0.323 e. The molecule has 2 N–H and O–H groups in total. The van der Waals surface area contributed by atoms with Crippen LogP contribution in [0.25, 0.3) is 0 Å². The highest BCUT2D eigenvalue weighted by molar-refractivity contribution is 7.16. The molecule has 1 aromatic rings. The van der Waals surface area contributed by atoms with Crippen LogP contribution in [0.15, 0.2) is 12.1 Å². The lowest BCUT2D eigenvalue weighted by Gasteiger charge is -2.22. The van der Waals surface area contributed by atoms with Crippen LogP contribution in [-0.4, -0.2) is 0 Å². The standard InChI is InChI=1S/C10H16ClNS/c1-6(2)7(3)10(12)8-4-5-9(11)13-8/h4-7,10H,12H2,1-3H3. The molecule has 0 aliphatic rings. The summed E-state index contributed by atoms with van der Waals surface area (Å²) in [5.74, 6) is 1.10. The molecule has 0 fully saturated rings. The molecule has 0 aliphatic heterocycles. The number of thiophene rings is 1. The third-order valence-corrected chi connectivity index (χ3v) is 3.87. The van der Waals surface area contributed by atoms with E-state index in [1.165, 1.54) is 4.88 Å². The lowest BCUT2D eigenvalue weighted by Crippen LogP contribution is -2.22.